The highest BCUT2D eigenvalue weighted by molar-refractivity contribution is 6.52. The number of Topliss-reactive ketones (excluding diaryl/α,β-unsaturated/α-hetero) is 1. The summed E-state index contributed by atoms with van der Waals surface area (Å²) in [5, 5.41) is 21.2. The molecule has 1 atom stereocenters. The van der Waals surface area contributed by atoms with E-state index in [4.69, 9.17) is 23.2 Å². The molecule has 4 rings (SSSR count). The predicted molar refractivity (Wildman–Crippen MR) is 116 cm³/mol. The van der Waals surface area contributed by atoms with Gasteiger partial charge in [0.25, 0.3) is 11.7 Å². The first-order chi connectivity index (χ1) is 14.4. The zero-order chi connectivity index (χ0) is 21.4. The maximum Gasteiger partial charge on any atom is 0.300 e. The van der Waals surface area contributed by atoms with Crippen molar-refractivity contribution in [3.05, 3.63) is 99.5 Å². The van der Waals surface area contributed by atoms with Gasteiger partial charge < -0.3 is 10.2 Å². The van der Waals surface area contributed by atoms with Crippen molar-refractivity contribution in [3.63, 3.8) is 0 Å². The molecular formula is C23H15Cl2NO4. The number of aliphatic hydroxyl groups is 1. The molecule has 1 aliphatic heterocycles. The maximum absolute atomic E-state index is 13.0. The van der Waals surface area contributed by atoms with Gasteiger partial charge in [0.1, 0.15) is 11.5 Å². The van der Waals surface area contributed by atoms with E-state index in [0.717, 1.165) is 0 Å². The third-order valence-corrected chi connectivity index (χ3v) is 5.40. The third-order valence-electron chi connectivity index (χ3n) is 4.87. The van der Waals surface area contributed by atoms with Crippen molar-refractivity contribution >= 4 is 46.3 Å². The number of amides is 1. The number of carbonyl (C=O) groups excluding carboxylic acids is 2. The normalized spacial score (nSPS) is 18.1. The Labute approximate surface area is 182 Å². The van der Waals surface area contributed by atoms with Gasteiger partial charge in [-0.05, 0) is 35.9 Å². The molecule has 1 saturated heterocycles. The van der Waals surface area contributed by atoms with E-state index >= 15 is 0 Å². The van der Waals surface area contributed by atoms with Crippen molar-refractivity contribution in [2.45, 2.75) is 6.04 Å². The Balaban J connectivity index is 1.98. The molecule has 3 aromatic carbocycles. The lowest BCUT2D eigenvalue weighted by Crippen LogP contribution is -2.29. The minimum atomic E-state index is -0.957. The molecule has 150 valence electrons. The van der Waals surface area contributed by atoms with Crippen LogP contribution in [0.1, 0.15) is 17.2 Å². The van der Waals surface area contributed by atoms with Crippen LogP contribution in [-0.2, 0) is 9.59 Å². The average molecular weight is 440 g/mol. The maximum atomic E-state index is 13.0. The largest absolute Gasteiger partial charge is 0.507 e. The Morgan fingerprint density at radius 3 is 2.30 bits per heavy atom. The topological polar surface area (TPSA) is 77.8 Å². The standard InChI is InChI=1S/C23H15Cl2NO4/c24-15-7-4-8-16(12-15)26-20(14-9-10-18(27)17(25)11-14)19(22(29)23(26)30)21(28)13-5-2-1-3-6-13/h1-12,20,27-28H/b21-19-. The summed E-state index contributed by atoms with van der Waals surface area (Å²) in [6.07, 6.45) is 0. The lowest BCUT2D eigenvalue weighted by Gasteiger charge is -2.25. The van der Waals surface area contributed by atoms with Gasteiger partial charge in [-0.25, -0.2) is 0 Å². The summed E-state index contributed by atoms with van der Waals surface area (Å²) in [6, 6.07) is 18.4. The summed E-state index contributed by atoms with van der Waals surface area (Å²) >= 11 is 12.2. The lowest BCUT2D eigenvalue weighted by molar-refractivity contribution is -0.132. The van der Waals surface area contributed by atoms with E-state index < -0.39 is 17.7 Å². The van der Waals surface area contributed by atoms with Crippen molar-refractivity contribution in [2.24, 2.45) is 0 Å². The Morgan fingerprint density at radius 2 is 1.63 bits per heavy atom. The molecule has 0 bridgehead atoms. The van der Waals surface area contributed by atoms with E-state index in [1.54, 1.807) is 60.7 Å². The molecule has 1 aliphatic rings. The predicted octanol–water partition coefficient (Wildman–Crippen LogP) is 5.33. The second-order valence-electron chi connectivity index (χ2n) is 6.73. The summed E-state index contributed by atoms with van der Waals surface area (Å²) in [6.45, 7) is 0. The number of hydrogen-bond donors (Lipinski definition) is 2. The molecule has 1 fully saturated rings. The van der Waals surface area contributed by atoms with Crippen LogP contribution in [0.2, 0.25) is 10.0 Å². The van der Waals surface area contributed by atoms with E-state index in [1.165, 1.54) is 17.0 Å². The van der Waals surface area contributed by atoms with Gasteiger partial charge in [0.05, 0.1) is 16.6 Å². The van der Waals surface area contributed by atoms with Gasteiger partial charge in [-0.3, -0.25) is 14.5 Å². The fraction of sp³-hybridized carbons (Fsp3) is 0.0435. The average Bonchev–Trinajstić information content (AvgIpc) is 3.01. The fourth-order valence-electron chi connectivity index (χ4n) is 3.48. The quantitative estimate of drug-likeness (QED) is 0.328. The van der Waals surface area contributed by atoms with Crippen LogP contribution in [0.25, 0.3) is 5.76 Å². The molecule has 30 heavy (non-hydrogen) atoms. The molecule has 0 radical (unpaired) electrons. The van der Waals surface area contributed by atoms with Gasteiger partial charge in [-0.2, -0.15) is 0 Å². The van der Waals surface area contributed by atoms with Crippen LogP contribution in [0.5, 0.6) is 5.75 Å². The van der Waals surface area contributed by atoms with Gasteiger partial charge in [0.15, 0.2) is 0 Å². The smallest absolute Gasteiger partial charge is 0.300 e. The number of carbonyl (C=O) groups is 2. The third kappa shape index (κ3) is 3.43. The number of phenols is 1. The Hall–Kier alpha value is -3.28. The van der Waals surface area contributed by atoms with E-state index in [-0.39, 0.29) is 22.1 Å². The van der Waals surface area contributed by atoms with Crippen LogP contribution >= 0.6 is 23.2 Å². The van der Waals surface area contributed by atoms with Gasteiger partial charge in [0, 0.05) is 16.3 Å². The molecule has 2 N–H and O–H groups in total. The van der Waals surface area contributed by atoms with Crippen molar-refractivity contribution in [1.29, 1.82) is 0 Å². The van der Waals surface area contributed by atoms with Crippen LogP contribution in [0.15, 0.2) is 78.4 Å². The lowest BCUT2D eigenvalue weighted by atomic mass is 9.95. The molecule has 0 aromatic heterocycles. The molecular weight excluding hydrogens is 425 g/mol. The molecule has 3 aromatic rings. The highest BCUT2D eigenvalue weighted by Gasteiger charge is 2.47. The number of rotatable bonds is 3. The minimum absolute atomic E-state index is 0.0592. The zero-order valence-electron chi connectivity index (χ0n) is 15.4. The number of nitrogens with zero attached hydrogens (tertiary/aromatic N) is 1. The van der Waals surface area contributed by atoms with Gasteiger partial charge >= 0.3 is 0 Å². The highest BCUT2D eigenvalue weighted by atomic mass is 35.5. The summed E-state index contributed by atoms with van der Waals surface area (Å²) in [5.74, 6) is -2.06. The fourth-order valence-corrected chi connectivity index (χ4v) is 3.86. The zero-order valence-corrected chi connectivity index (χ0v) is 16.9. The van der Waals surface area contributed by atoms with Crippen LogP contribution in [0.4, 0.5) is 5.69 Å². The number of halogens is 2. The van der Waals surface area contributed by atoms with E-state index in [9.17, 15) is 19.8 Å². The first-order valence-electron chi connectivity index (χ1n) is 8.99. The van der Waals surface area contributed by atoms with Crippen molar-refractivity contribution in [1.82, 2.24) is 0 Å². The van der Waals surface area contributed by atoms with Gasteiger partial charge in [-0.15, -0.1) is 0 Å². The minimum Gasteiger partial charge on any atom is -0.507 e. The molecule has 1 heterocycles. The van der Waals surface area contributed by atoms with E-state index in [2.05, 4.69) is 0 Å². The van der Waals surface area contributed by atoms with Crippen molar-refractivity contribution < 1.29 is 19.8 Å². The molecule has 7 heteroatoms. The molecule has 0 aliphatic carbocycles. The first kappa shape index (κ1) is 20.0. The van der Waals surface area contributed by atoms with E-state index in [1.807, 2.05) is 0 Å². The number of phenolic OH excluding ortho intramolecular Hbond substituents is 1. The summed E-state index contributed by atoms with van der Waals surface area (Å²) in [5.41, 5.74) is 1.17. The number of anilines is 1. The number of aliphatic hydroxyl groups excluding tert-OH is 1. The summed E-state index contributed by atoms with van der Waals surface area (Å²) < 4.78 is 0. The second-order valence-corrected chi connectivity index (χ2v) is 7.57. The molecule has 1 amide bonds. The van der Waals surface area contributed by atoms with E-state index in [0.29, 0.717) is 21.8 Å². The van der Waals surface area contributed by atoms with Crippen molar-refractivity contribution in [2.75, 3.05) is 4.90 Å². The molecule has 0 saturated carbocycles. The van der Waals surface area contributed by atoms with Crippen LogP contribution < -0.4 is 4.90 Å². The number of ketones is 1. The van der Waals surface area contributed by atoms with Crippen LogP contribution in [-0.4, -0.2) is 21.9 Å². The monoisotopic (exact) mass is 439 g/mol. The number of benzene rings is 3. The SMILES string of the molecule is O=C1C(=O)N(c2cccc(Cl)c2)C(c2ccc(O)c(Cl)c2)/C1=C(/O)c1ccccc1. The Morgan fingerprint density at radius 1 is 0.900 bits per heavy atom. The molecule has 5 nitrogen and oxygen atoms in total. The van der Waals surface area contributed by atoms with Crippen molar-refractivity contribution in [3.8, 4) is 5.75 Å². The molecule has 0 spiro atoms. The molecule has 1 unspecified atom stereocenters. The van der Waals surface area contributed by atoms with Crippen LogP contribution in [0, 0.1) is 0 Å². The summed E-state index contributed by atoms with van der Waals surface area (Å²) in [7, 11) is 0. The number of hydrogen-bond acceptors (Lipinski definition) is 4. The number of aromatic hydroxyl groups is 1. The summed E-state index contributed by atoms with van der Waals surface area (Å²) in [4.78, 5) is 27.3. The second kappa shape index (κ2) is 7.86. The van der Waals surface area contributed by atoms with Gasteiger partial charge in [0.2, 0.25) is 0 Å². The highest BCUT2D eigenvalue weighted by Crippen LogP contribution is 2.43. The van der Waals surface area contributed by atoms with Gasteiger partial charge in [-0.1, -0.05) is 65.7 Å². The van der Waals surface area contributed by atoms with Crippen LogP contribution in [0.3, 0.4) is 0 Å². The Kier molecular flexibility index (Phi) is 5.24. The first-order valence-corrected chi connectivity index (χ1v) is 9.74. The Bertz CT molecular complexity index is 1190.